The average Bonchev–Trinajstić information content (AvgIpc) is 3.06. The second-order valence-corrected chi connectivity index (χ2v) is 6.59. The van der Waals surface area contributed by atoms with Crippen LogP contribution in [0.25, 0.3) is 0 Å². The summed E-state index contributed by atoms with van der Waals surface area (Å²) in [4.78, 5) is 4.45. The van der Waals surface area contributed by atoms with Crippen LogP contribution in [0.1, 0.15) is 37.2 Å². The van der Waals surface area contributed by atoms with E-state index >= 15 is 0 Å². The standard InChI is InChI=1S/C15H20BrN3/c16-12-6-2-5-11(7-12)13-8-14(13)19-15(17)18-9-10-3-1-4-10/h2,5-7,10,13-14H,1,3-4,8-9H2,(H3,17,18,19)/t13-,14+/m0/s1. The zero-order valence-corrected chi connectivity index (χ0v) is 12.6. The highest BCUT2D eigenvalue weighted by atomic mass is 79.9. The van der Waals surface area contributed by atoms with Crippen LogP contribution in [0, 0.1) is 5.92 Å². The number of rotatable bonds is 4. The monoisotopic (exact) mass is 321 g/mol. The van der Waals surface area contributed by atoms with Gasteiger partial charge >= 0.3 is 0 Å². The number of aliphatic imine (C=N–C) groups is 1. The molecular formula is C15H20BrN3. The SMILES string of the molecule is NC(=NCC1CCC1)N[C@@H]1C[C@H]1c1cccc(Br)c1. The maximum Gasteiger partial charge on any atom is 0.188 e. The molecule has 2 saturated carbocycles. The van der Waals surface area contributed by atoms with E-state index in [9.17, 15) is 0 Å². The first kappa shape index (κ1) is 13.0. The summed E-state index contributed by atoms with van der Waals surface area (Å²) in [5.41, 5.74) is 7.32. The van der Waals surface area contributed by atoms with Crippen LogP contribution in [0.15, 0.2) is 33.7 Å². The molecule has 0 aromatic heterocycles. The summed E-state index contributed by atoms with van der Waals surface area (Å²) >= 11 is 3.52. The second kappa shape index (κ2) is 5.53. The molecule has 2 fully saturated rings. The number of halogens is 1. The molecule has 2 atom stereocenters. The van der Waals surface area contributed by atoms with Gasteiger partial charge in [-0.2, -0.15) is 0 Å². The van der Waals surface area contributed by atoms with Crippen molar-refractivity contribution in [3.8, 4) is 0 Å². The van der Waals surface area contributed by atoms with Gasteiger partial charge in [-0.15, -0.1) is 0 Å². The Hall–Kier alpha value is -1.03. The van der Waals surface area contributed by atoms with Crippen molar-refractivity contribution in [1.29, 1.82) is 0 Å². The van der Waals surface area contributed by atoms with E-state index in [1.165, 1.54) is 24.8 Å². The molecule has 19 heavy (non-hydrogen) atoms. The molecule has 0 amide bonds. The summed E-state index contributed by atoms with van der Waals surface area (Å²) in [7, 11) is 0. The Kier molecular flexibility index (Phi) is 3.78. The third-order valence-corrected chi connectivity index (χ3v) is 4.64. The lowest BCUT2D eigenvalue weighted by Gasteiger charge is -2.23. The molecule has 3 N–H and O–H groups in total. The lowest BCUT2D eigenvalue weighted by Crippen LogP contribution is -2.35. The zero-order valence-electron chi connectivity index (χ0n) is 11.0. The van der Waals surface area contributed by atoms with Crippen LogP contribution in [0.2, 0.25) is 0 Å². The largest absolute Gasteiger partial charge is 0.370 e. The lowest BCUT2D eigenvalue weighted by molar-refractivity contribution is 0.326. The van der Waals surface area contributed by atoms with E-state index in [1.54, 1.807) is 0 Å². The van der Waals surface area contributed by atoms with Crippen molar-refractivity contribution in [2.45, 2.75) is 37.6 Å². The van der Waals surface area contributed by atoms with Crippen molar-refractivity contribution in [3.05, 3.63) is 34.3 Å². The highest BCUT2D eigenvalue weighted by Crippen LogP contribution is 2.41. The van der Waals surface area contributed by atoms with Gasteiger partial charge in [-0.3, -0.25) is 4.99 Å². The van der Waals surface area contributed by atoms with E-state index in [0.717, 1.165) is 23.4 Å². The lowest BCUT2D eigenvalue weighted by atomic mass is 9.86. The van der Waals surface area contributed by atoms with E-state index in [-0.39, 0.29) is 0 Å². The number of nitrogens with zero attached hydrogens (tertiary/aromatic N) is 1. The number of nitrogens with one attached hydrogen (secondary N) is 1. The molecule has 0 aliphatic heterocycles. The quantitative estimate of drug-likeness (QED) is 0.661. The van der Waals surface area contributed by atoms with Crippen molar-refractivity contribution in [3.63, 3.8) is 0 Å². The van der Waals surface area contributed by atoms with Gasteiger partial charge < -0.3 is 11.1 Å². The minimum atomic E-state index is 0.458. The molecule has 2 aliphatic rings. The predicted molar refractivity (Wildman–Crippen MR) is 82.3 cm³/mol. The normalized spacial score (nSPS) is 26.9. The Labute approximate surface area is 122 Å². The van der Waals surface area contributed by atoms with Gasteiger partial charge in [-0.05, 0) is 42.9 Å². The highest BCUT2D eigenvalue weighted by molar-refractivity contribution is 9.10. The van der Waals surface area contributed by atoms with Crippen LogP contribution in [-0.2, 0) is 0 Å². The summed E-state index contributed by atoms with van der Waals surface area (Å²) in [6, 6.07) is 8.97. The van der Waals surface area contributed by atoms with E-state index in [0.29, 0.717) is 17.9 Å². The predicted octanol–water partition coefficient (Wildman–Crippen LogP) is 3.01. The van der Waals surface area contributed by atoms with Crippen LogP contribution in [0.4, 0.5) is 0 Å². The van der Waals surface area contributed by atoms with Gasteiger partial charge in [0.1, 0.15) is 0 Å². The number of hydrogen-bond donors (Lipinski definition) is 2. The number of guanidine groups is 1. The third kappa shape index (κ3) is 3.30. The smallest absolute Gasteiger partial charge is 0.188 e. The summed E-state index contributed by atoms with van der Waals surface area (Å²) < 4.78 is 1.14. The van der Waals surface area contributed by atoms with E-state index in [1.807, 2.05) is 0 Å². The molecule has 1 aromatic carbocycles. The summed E-state index contributed by atoms with van der Waals surface area (Å²) in [6.45, 7) is 0.896. The Morgan fingerprint density at radius 3 is 2.95 bits per heavy atom. The Morgan fingerprint density at radius 1 is 1.42 bits per heavy atom. The van der Waals surface area contributed by atoms with Crippen molar-refractivity contribution in [2.24, 2.45) is 16.6 Å². The number of benzene rings is 1. The van der Waals surface area contributed by atoms with Crippen LogP contribution in [0.3, 0.4) is 0 Å². The van der Waals surface area contributed by atoms with Gasteiger partial charge in [-0.1, -0.05) is 34.5 Å². The van der Waals surface area contributed by atoms with Crippen LogP contribution in [0.5, 0.6) is 0 Å². The molecule has 4 heteroatoms. The van der Waals surface area contributed by atoms with Gasteiger partial charge in [0.25, 0.3) is 0 Å². The maximum atomic E-state index is 5.94. The fourth-order valence-electron chi connectivity index (χ4n) is 2.60. The molecule has 0 bridgehead atoms. The maximum absolute atomic E-state index is 5.94. The molecule has 0 saturated heterocycles. The van der Waals surface area contributed by atoms with Gasteiger partial charge in [0.05, 0.1) is 0 Å². The first-order valence-electron chi connectivity index (χ1n) is 7.04. The van der Waals surface area contributed by atoms with Crippen molar-refractivity contribution in [1.82, 2.24) is 5.32 Å². The first-order valence-corrected chi connectivity index (χ1v) is 7.83. The molecule has 2 aliphatic carbocycles. The summed E-state index contributed by atoms with van der Waals surface area (Å²) in [6.07, 6.45) is 5.15. The zero-order chi connectivity index (χ0) is 13.2. The molecule has 102 valence electrons. The minimum absolute atomic E-state index is 0.458. The van der Waals surface area contributed by atoms with E-state index < -0.39 is 0 Å². The molecule has 3 nitrogen and oxygen atoms in total. The fraction of sp³-hybridized carbons (Fsp3) is 0.533. The first-order chi connectivity index (χ1) is 9.22. The summed E-state index contributed by atoms with van der Waals surface area (Å²) in [5.74, 6) is 1.98. The van der Waals surface area contributed by atoms with Crippen molar-refractivity contribution in [2.75, 3.05) is 6.54 Å². The molecule has 0 heterocycles. The Bertz CT molecular complexity index is 482. The minimum Gasteiger partial charge on any atom is -0.370 e. The van der Waals surface area contributed by atoms with E-state index in [2.05, 4.69) is 50.5 Å². The second-order valence-electron chi connectivity index (χ2n) is 5.67. The Morgan fingerprint density at radius 2 is 2.26 bits per heavy atom. The van der Waals surface area contributed by atoms with Gasteiger partial charge in [0.2, 0.25) is 0 Å². The summed E-state index contributed by atoms with van der Waals surface area (Å²) in [5, 5.41) is 3.34. The van der Waals surface area contributed by atoms with Crippen LogP contribution in [-0.4, -0.2) is 18.5 Å². The molecule has 3 rings (SSSR count). The fourth-order valence-corrected chi connectivity index (χ4v) is 3.02. The molecule has 0 unspecified atom stereocenters. The molecular weight excluding hydrogens is 302 g/mol. The van der Waals surface area contributed by atoms with Crippen molar-refractivity contribution >= 4 is 21.9 Å². The highest BCUT2D eigenvalue weighted by Gasteiger charge is 2.38. The van der Waals surface area contributed by atoms with Gasteiger partial charge in [0.15, 0.2) is 5.96 Å². The van der Waals surface area contributed by atoms with E-state index in [4.69, 9.17) is 5.73 Å². The Balaban J connectivity index is 1.49. The van der Waals surface area contributed by atoms with Crippen LogP contribution >= 0.6 is 15.9 Å². The van der Waals surface area contributed by atoms with Crippen LogP contribution < -0.4 is 11.1 Å². The van der Waals surface area contributed by atoms with Gasteiger partial charge in [-0.25, -0.2) is 0 Å². The van der Waals surface area contributed by atoms with Gasteiger partial charge in [0, 0.05) is 23.0 Å². The third-order valence-electron chi connectivity index (χ3n) is 4.15. The molecule has 0 spiro atoms. The number of nitrogens with two attached hydrogens (primary N) is 1. The van der Waals surface area contributed by atoms with Crippen molar-refractivity contribution < 1.29 is 0 Å². The molecule has 1 aromatic rings. The molecule has 0 radical (unpaired) electrons. The average molecular weight is 322 g/mol. The topological polar surface area (TPSA) is 50.4 Å². The number of hydrogen-bond acceptors (Lipinski definition) is 1.